The monoisotopic (exact) mass is 230 g/mol. The predicted molar refractivity (Wildman–Crippen MR) is 56.3 cm³/mol. The standard InChI is InChI=1S/C10H18N2O4/c13-10-11-7-9(16-10)8-15-6-3-12-1-4-14-5-2-12/h9H,1-8H2,(H,11,13)/t9-/m1/s1. The van der Waals surface area contributed by atoms with E-state index in [4.69, 9.17) is 14.2 Å². The van der Waals surface area contributed by atoms with E-state index in [1.165, 1.54) is 0 Å². The molecule has 1 N–H and O–H groups in total. The first kappa shape index (κ1) is 11.6. The van der Waals surface area contributed by atoms with Crippen molar-refractivity contribution >= 4 is 6.09 Å². The lowest BCUT2D eigenvalue weighted by Gasteiger charge is -2.26. The highest BCUT2D eigenvalue weighted by molar-refractivity contribution is 5.69. The van der Waals surface area contributed by atoms with Crippen molar-refractivity contribution < 1.29 is 19.0 Å². The summed E-state index contributed by atoms with van der Waals surface area (Å²) in [5.74, 6) is 0. The van der Waals surface area contributed by atoms with Gasteiger partial charge in [-0.25, -0.2) is 4.79 Å². The number of carbonyl (C=O) groups excluding carboxylic acids is 1. The van der Waals surface area contributed by atoms with Crippen LogP contribution in [0.1, 0.15) is 0 Å². The molecule has 2 aliphatic rings. The number of cyclic esters (lactones) is 1. The maximum atomic E-state index is 10.7. The summed E-state index contributed by atoms with van der Waals surface area (Å²) in [6.45, 7) is 6.19. The average molecular weight is 230 g/mol. The number of hydrogen-bond donors (Lipinski definition) is 1. The zero-order valence-electron chi connectivity index (χ0n) is 9.31. The Morgan fingerprint density at radius 1 is 1.44 bits per heavy atom. The number of nitrogens with one attached hydrogen (secondary N) is 1. The number of alkyl carbamates (subject to hydrolysis) is 1. The van der Waals surface area contributed by atoms with Crippen molar-refractivity contribution in [1.29, 1.82) is 0 Å². The van der Waals surface area contributed by atoms with Gasteiger partial charge in [0.2, 0.25) is 0 Å². The highest BCUT2D eigenvalue weighted by Gasteiger charge is 2.22. The van der Waals surface area contributed by atoms with Gasteiger partial charge in [-0.3, -0.25) is 4.90 Å². The number of amides is 1. The number of hydrogen-bond acceptors (Lipinski definition) is 5. The molecule has 0 spiro atoms. The van der Waals surface area contributed by atoms with Crippen molar-refractivity contribution in [2.75, 3.05) is 52.6 Å². The van der Waals surface area contributed by atoms with Gasteiger partial charge in [0.15, 0.2) is 0 Å². The number of nitrogens with zero attached hydrogens (tertiary/aromatic N) is 1. The molecule has 6 heteroatoms. The summed E-state index contributed by atoms with van der Waals surface area (Å²) < 4.78 is 15.7. The molecular weight excluding hydrogens is 212 g/mol. The van der Waals surface area contributed by atoms with Crippen molar-refractivity contribution in [2.24, 2.45) is 0 Å². The zero-order chi connectivity index (χ0) is 11.2. The smallest absolute Gasteiger partial charge is 0.407 e. The van der Waals surface area contributed by atoms with Gasteiger partial charge in [0.1, 0.15) is 6.10 Å². The van der Waals surface area contributed by atoms with Crippen LogP contribution in [0.25, 0.3) is 0 Å². The van der Waals surface area contributed by atoms with Gasteiger partial charge in [-0.15, -0.1) is 0 Å². The highest BCUT2D eigenvalue weighted by atomic mass is 16.6. The van der Waals surface area contributed by atoms with E-state index >= 15 is 0 Å². The van der Waals surface area contributed by atoms with Crippen LogP contribution in [0.2, 0.25) is 0 Å². The molecule has 0 aliphatic carbocycles. The van der Waals surface area contributed by atoms with Crippen molar-refractivity contribution in [2.45, 2.75) is 6.10 Å². The normalized spacial score (nSPS) is 26.5. The van der Waals surface area contributed by atoms with Crippen LogP contribution in [0.3, 0.4) is 0 Å². The first-order valence-electron chi connectivity index (χ1n) is 5.67. The Kier molecular flexibility index (Phi) is 4.38. The second-order valence-corrected chi connectivity index (χ2v) is 3.94. The average Bonchev–Trinajstić information content (AvgIpc) is 2.72. The van der Waals surface area contributed by atoms with E-state index in [0.717, 1.165) is 32.8 Å². The van der Waals surface area contributed by atoms with Crippen LogP contribution in [0.5, 0.6) is 0 Å². The Balaban J connectivity index is 1.49. The van der Waals surface area contributed by atoms with Gasteiger partial charge in [-0.1, -0.05) is 0 Å². The number of carbonyl (C=O) groups is 1. The molecule has 6 nitrogen and oxygen atoms in total. The summed E-state index contributed by atoms with van der Waals surface area (Å²) in [5, 5.41) is 2.59. The minimum Gasteiger partial charge on any atom is -0.442 e. The summed E-state index contributed by atoms with van der Waals surface area (Å²) in [5.41, 5.74) is 0. The van der Waals surface area contributed by atoms with Crippen molar-refractivity contribution in [3.8, 4) is 0 Å². The Hall–Kier alpha value is -0.850. The Labute approximate surface area is 94.8 Å². The molecule has 0 unspecified atom stereocenters. The van der Waals surface area contributed by atoms with E-state index in [0.29, 0.717) is 19.8 Å². The minimum absolute atomic E-state index is 0.128. The van der Waals surface area contributed by atoms with Crippen molar-refractivity contribution in [3.05, 3.63) is 0 Å². The summed E-state index contributed by atoms with van der Waals surface area (Å²) in [6.07, 6.45) is -0.473. The number of morpholine rings is 1. The van der Waals surface area contributed by atoms with E-state index in [2.05, 4.69) is 10.2 Å². The van der Waals surface area contributed by atoms with Crippen LogP contribution in [-0.4, -0.2) is 69.7 Å². The van der Waals surface area contributed by atoms with Crippen LogP contribution in [-0.2, 0) is 14.2 Å². The molecule has 2 heterocycles. The molecule has 0 aromatic heterocycles. The molecule has 92 valence electrons. The summed E-state index contributed by atoms with van der Waals surface area (Å²) in [7, 11) is 0. The number of ether oxygens (including phenoxy) is 3. The fourth-order valence-electron chi connectivity index (χ4n) is 1.76. The lowest BCUT2D eigenvalue weighted by atomic mass is 10.4. The second kappa shape index (κ2) is 6.03. The summed E-state index contributed by atoms with van der Waals surface area (Å²) >= 11 is 0. The molecule has 0 bridgehead atoms. The lowest BCUT2D eigenvalue weighted by molar-refractivity contribution is 0.00584. The summed E-state index contributed by atoms with van der Waals surface area (Å²) in [6, 6.07) is 0. The molecular formula is C10H18N2O4. The van der Waals surface area contributed by atoms with Crippen LogP contribution in [0.15, 0.2) is 0 Å². The summed E-state index contributed by atoms with van der Waals surface area (Å²) in [4.78, 5) is 13.0. The maximum Gasteiger partial charge on any atom is 0.407 e. The molecule has 2 saturated heterocycles. The Bertz CT molecular complexity index is 231. The molecule has 1 amide bonds. The van der Waals surface area contributed by atoms with E-state index in [1.807, 2.05) is 0 Å². The van der Waals surface area contributed by atoms with E-state index in [1.54, 1.807) is 0 Å². The molecule has 2 aliphatic heterocycles. The van der Waals surface area contributed by atoms with Crippen LogP contribution in [0, 0.1) is 0 Å². The van der Waals surface area contributed by atoms with Gasteiger partial charge in [0, 0.05) is 19.6 Å². The predicted octanol–water partition coefficient (Wildman–Crippen LogP) is -0.556. The van der Waals surface area contributed by atoms with Crippen molar-refractivity contribution in [3.63, 3.8) is 0 Å². The molecule has 0 aromatic carbocycles. The number of rotatable bonds is 5. The Morgan fingerprint density at radius 2 is 2.25 bits per heavy atom. The minimum atomic E-state index is -0.346. The second-order valence-electron chi connectivity index (χ2n) is 3.94. The highest BCUT2D eigenvalue weighted by Crippen LogP contribution is 2.01. The first-order valence-corrected chi connectivity index (χ1v) is 5.67. The molecule has 2 fully saturated rings. The van der Waals surface area contributed by atoms with E-state index in [-0.39, 0.29) is 12.2 Å². The fourth-order valence-corrected chi connectivity index (χ4v) is 1.76. The Morgan fingerprint density at radius 3 is 2.94 bits per heavy atom. The van der Waals surface area contributed by atoms with Gasteiger partial charge >= 0.3 is 6.09 Å². The molecule has 0 radical (unpaired) electrons. The quantitative estimate of drug-likeness (QED) is 0.642. The lowest BCUT2D eigenvalue weighted by Crippen LogP contribution is -2.38. The molecule has 16 heavy (non-hydrogen) atoms. The van der Waals surface area contributed by atoms with Gasteiger partial charge < -0.3 is 19.5 Å². The van der Waals surface area contributed by atoms with E-state index in [9.17, 15) is 4.79 Å². The van der Waals surface area contributed by atoms with Gasteiger partial charge in [0.25, 0.3) is 0 Å². The van der Waals surface area contributed by atoms with Crippen molar-refractivity contribution in [1.82, 2.24) is 10.2 Å². The third kappa shape index (κ3) is 3.62. The molecule has 0 saturated carbocycles. The zero-order valence-corrected chi connectivity index (χ0v) is 9.31. The SMILES string of the molecule is O=C1NC[C@H](COCCN2CCOCC2)O1. The van der Waals surface area contributed by atoms with Gasteiger partial charge in [0.05, 0.1) is 33.0 Å². The fraction of sp³-hybridized carbons (Fsp3) is 0.900. The third-order valence-corrected chi connectivity index (χ3v) is 2.71. The van der Waals surface area contributed by atoms with Crippen LogP contribution >= 0.6 is 0 Å². The van der Waals surface area contributed by atoms with Gasteiger partial charge in [-0.2, -0.15) is 0 Å². The molecule has 0 aromatic rings. The molecule has 1 atom stereocenters. The third-order valence-electron chi connectivity index (χ3n) is 2.71. The van der Waals surface area contributed by atoms with Gasteiger partial charge in [-0.05, 0) is 0 Å². The maximum absolute atomic E-state index is 10.7. The topological polar surface area (TPSA) is 60.0 Å². The largest absolute Gasteiger partial charge is 0.442 e. The van der Waals surface area contributed by atoms with Crippen LogP contribution in [0.4, 0.5) is 4.79 Å². The first-order chi connectivity index (χ1) is 7.84. The molecule has 2 rings (SSSR count). The van der Waals surface area contributed by atoms with E-state index < -0.39 is 0 Å². The van der Waals surface area contributed by atoms with Crippen LogP contribution < -0.4 is 5.32 Å².